The van der Waals surface area contributed by atoms with Gasteiger partial charge in [0, 0.05) is 17.9 Å². The standard InChI is InChI=1S/C21H22ClN3O3/c1-2-12-28-18-11-10-14(22)13-17(18)24-20(26)9-5-8-19-23-16-7-4-3-6-15(16)21(27)25-19/h3-4,6-7,10-11,13H,2,5,8-9,12H2,1H3,(H,24,26)(H,23,25,27). The molecule has 1 aromatic heterocycles. The second-order valence-corrected chi connectivity index (χ2v) is 6.86. The maximum absolute atomic E-state index is 12.3. The van der Waals surface area contributed by atoms with E-state index in [-0.39, 0.29) is 17.9 Å². The Morgan fingerprint density at radius 3 is 2.89 bits per heavy atom. The molecule has 0 bridgehead atoms. The van der Waals surface area contributed by atoms with Gasteiger partial charge in [-0.05, 0) is 43.2 Å². The zero-order chi connectivity index (χ0) is 19.9. The minimum Gasteiger partial charge on any atom is -0.491 e. The normalized spacial score (nSPS) is 10.8. The second-order valence-electron chi connectivity index (χ2n) is 6.42. The van der Waals surface area contributed by atoms with Crippen molar-refractivity contribution in [3.05, 3.63) is 63.7 Å². The van der Waals surface area contributed by atoms with Crippen molar-refractivity contribution in [3.63, 3.8) is 0 Å². The maximum Gasteiger partial charge on any atom is 0.258 e. The number of nitrogens with one attached hydrogen (secondary N) is 2. The molecule has 0 atom stereocenters. The van der Waals surface area contributed by atoms with Gasteiger partial charge < -0.3 is 15.0 Å². The average molecular weight is 400 g/mol. The Labute approximate surface area is 167 Å². The Kier molecular flexibility index (Phi) is 6.66. The average Bonchev–Trinajstić information content (AvgIpc) is 2.67. The van der Waals surface area contributed by atoms with Crippen molar-refractivity contribution in [1.29, 1.82) is 0 Å². The van der Waals surface area contributed by atoms with E-state index in [1.54, 1.807) is 36.4 Å². The number of H-pyrrole nitrogens is 1. The van der Waals surface area contributed by atoms with E-state index in [1.807, 2.05) is 13.0 Å². The number of fused-ring (bicyclic) bond motifs is 1. The maximum atomic E-state index is 12.3. The van der Waals surface area contributed by atoms with E-state index in [2.05, 4.69) is 15.3 Å². The summed E-state index contributed by atoms with van der Waals surface area (Å²) in [6.45, 7) is 2.57. The number of rotatable bonds is 8. The molecule has 0 aliphatic carbocycles. The van der Waals surface area contributed by atoms with Crippen molar-refractivity contribution >= 4 is 34.1 Å². The van der Waals surface area contributed by atoms with Crippen LogP contribution in [-0.2, 0) is 11.2 Å². The molecule has 0 saturated carbocycles. The van der Waals surface area contributed by atoms with Gasteiger partial charge in [0.15, 0.2) is 0 Å². The van der Waals surface area contributed by atoms with E-state index < -0.39 is 0 Å². The van der Waals surface area contributed by atoms with Gasteiger partial charge in [0.05, 0.1) is 23.2 Å². The lowest BCUT2D eigenvalue weighted by Gasteiger charge is -2.12. The van der Waals surface area contributed by atoms with E-state index in [0.717, 1.165) is 6.42 Å². The number of anilines is 1. The molecular weight excluding hydrogens is 378 g/mol. The number of ether oxygens (including phenoxy) is 1. The Balaban J connectivity index is 1.59. The molecule has 146 valence electrons. The fourth-order valence-electron chi connectivity index (χ4n) is 2.82. The first kappa shape index (κ1) is 19.9. The van der Waals surface area contributed by atoms with Gasteiger partial charge >= 0.3 is 0 Å². The van der Waals surface area contributed by atoms with Crippen molar-refractivity contribution < 1.29 is 9.53 Å². The first-order chi connectivity index (χ1) is 13.6. The number of hydrogen-bond donors (Lipinski definition) is 2. The number of benzene rings is 2. The number of aromatic amines is 1. The molecule has 6 nitrogen and oxygen atoms in total. The highest BCUT2D eigenvalue weighted by molar-refractivity contribution is 6.31. The predicted octanol–water partition coefficient (Wildman–Crippen LogP) is 4.33. The summed E-state index contributed by atoms with van der Waals surface area (Å²) in [6.07, 6.45) is 2.21. The molecule has 28 heavy (non-hydrogen) atoms. The minimum atomic E-state index is -0.165. The number of carbonyl (C=O) groups is 1. The smallest absolute Gasteiger partial charge is 0.258 e. The Bertz CT molecular complexity index is 1030. The molecule has 7 heteroatoms. The van der Waals surface area contributed by atoms with Gasteiger partial charge in [0.1, 0.15) is 11.6 Å². The predicted molar refractivity (Wildman–Crippen MR) is 111 cm³/mol. The zero-order valence-electron chi connectivity index (χ0n) is 15.6. The van der Waals surface area contributed by atoms with Crippen LogP contribution in [0.1, 0.15) is 32.0 Å². The summed E-state index contributed by atoms with van der Waals surface area (Å²) >= 11 is 6.03. The monoisotopic (exact) mass is 399 g/mol. The Hall–Kier alpha value is -2.86. The van der Waals surface area contributed by atoms with E-state index in [4.69, 9.17) is 16.3 Å². The van der Waals surface area contributed by atoms with Crippen LogP contribution in [0.15, 0.2) is 47.3 Å². The number of amides is 1. The number of aryl methyl sites for hydroxylation is 1. The number of carbonyl (C=O) groups excluding carboxylic acids is 1. The molecule has 3 aromatic rings. The quantitative estimate of drug-likeness (QED) is 0.590. The van der Waals surface area contributed by atoms with Crippen molar-refractivity contribution in [1.82, 2.24) is 9.97 Å². The molecule has 1 amide bonds. The number of aromatic nitrogens is 2. The van der Waals surface area contributed by atoms with Crippen molar-refractivity contribution in [3.8, 4) is 5.75 Å². The molecule has 0 aliphatic heterocycles. The van der Waals surface area contributed by atoms with Crippen LogP contribution in [0.5, 0.6) is 5.75 Å². The van der Waals surface area contributed by atoms with Gasteiger partial charge in [-0.1, -0.05) is 30.7 Å². The molecule has 2 aromatic carbocycles. The molecule has 0 fully saturated rings. The zero-order valence-corrected chi connectivity index (χ0v) is 16.4. The van der Waals surface area contributed by atoms with E-state index >= 15 is 0 Å². The van der Waals surface area contributed by atoms with Crippen LogP contribution >= 0.6 is 11.6 Å². The van der Waals surface area contributed by atoms with Crippen LogP contribution in [0.3, 0.4) is 0 Å². The van der Waals surface area contributed by atoms with Gasteiger partial charge in [-0.25, -0.2) is 4.98 Å². The lowest BCUT2D eigenvalue weighted by molar-refractivity contribution is -0.116. The highest BCUT2D eigenvalue weighted by Gasteiger charge is 2.10. The first-order valence-corrected chi connectivity index (χ1v) is 9.64. The van der Waals surface area contributed by atoms with Crippen LogP contribution in [-0.4, -0.2) is 22.5 Å². The van der Waals surface area contributed by atoms with Crippen LogP contribution < -0.4 is 15.6 Å². The van der Waals surface area contributed by atoms with Crippen LogP contribution in [0.25, 0.3) is 10.9 Å². The summed E-state index contributed by atoms with van der Waals surface area (Å²) in [6, 6.07) is 12.3. The Morgan fingerprint density at radius 2 is 2.07 bits per heavy atom. The molecule has 2 N–H and O–H groups in total. The first-order valence-electron chi connectivity index (χ1n) is 9.27. The van der Waals surface area contributed by atoms with Crippen molar-refractivity contribution in [2.45, 2.75) is 32.6 Å². The summed E-state index contributed by atoms with van der Waals surface area (Å²) in [5.74, 6) is 1.03. The summed E-state index contributed by atoms with van der Waals surface area (Å²) in [7, 11) is 0. The van der Waals surface area contributed by atoms with Crippen LogP contribution in [0, 0.1) is 0 Å². The number of hydrogen-bond acceptors (Lipinski definition) is 4. The lowest BCUT2D eigenvalue weighted by atomic mass is 10.2. The second kappa shape index (κ2) is 9.37. The molecule has 0 aliphatic rings. The topological polar surface area (TPSA) is 84.1 Å². The summed E-state index contributed by atoms with van der Waals surface area (Å²) < 4.78 is 5.65. The molecule has 3 rings (SSSR count). The van der Waals surface area contributed by atoms with Gasteiger partial charge in [-0.15, -0.1) is 0 Å². The molecule has 0 radical (unpaired) electrons. The van der Waals surface area contributed by atoms with Gasteiger partial charge in [-0.2, -0.15) is 0 Å². The van der Waals surface area contributed by atoms with Crippen LogP contribution in [0.4, 0.5) is 5.69 Å². The van der Waals surface area contributed by atoms with Gasteiger partial charge in [0.25, 0.3) is 5.56 Å². The third-order valence-electron chi connectivity index (χ3n) is 4.16. The van der Waals surface area contributed by atoms with E-state index in [0.29, 0.717) is 52.6 Å². The fraction of sp³-hybridized carbons (Fsp3) is 0.286. The SMILES string of the molecule is CCCOc1ccc(Cl)cc1NC(=O)CCCc1nc2ccccc2c(=O)[nH]1. The highest BCUT2D eigenvalue weighted by Crippen LogP contribution is 2.28. The van der Waals surface area contributed by atoms with E-state index in [9.17, 15) is 9.59 Å². The highest BCUT2D eigenvalue weighted by atomic mass is 35.5. The third-order valence-corrected chi connectivity index (χ3v) is 4.39. The molecule has 0 spiro atoms. The van der Waals surface area contributed by atoms with Crippen molar-refractivity contribution in [2.24, 2.45) is 0 Å². The molecule has 1 heterocycles. The largest absolute Gasteiger partial charge is 0.491 e. The molecule has 0 unspecified atom stereocenters. The number of halogens is 1. The third kappa shape index (κ3) is 5.10. The van der Waals surface area contributed by atoms with Gasteiger partial charge in [-0.3, -0.25) is 9.59 Å². The number of para-hydroxylation sites is 1. The lowest BCUT2D eigenvalue weighted by Crippen LogP contribution is -2.15. The summed E-state index contributed by atoms with van der Waals surface area (Å²) in [4.78, 5) is 31.6. The summed E-state index contributed by atoms with van der Waals surface area (Å²) in [5.41, 5.74) is 1.05. The van der Waals surface area contributed by atoms with Gasteiger partial charge in [0.2, 0.25) is 5.91 Å². The van der Waals surface area contributed by atoms with Crippen LogP contribution in [0.2, 0.25) is 5.02 Å². The molecule has 0 saturated heterocycles. The van der Waals surface area contributed by atoms with Crippen molar-refractivity contribution in [2.75, 3.05) is 11.9 Å². The minimum absolute atomic E-state index is 0.147. The molecular formula is C21H22ClN3O3. The fourth-order valence-corrected chi connectivity index (χ4v) is 2.99. The van der Waals surface area contributed by atoms with E-state index in [1.165, 1.54) is 0 Å². The number of nitrogens with zero attached hydrogens (tertiary/aromatic N) is 1. The summed E-state index contributed by atoms with van der Waals surface area (Å²) in [5, 5.41) is 3.93. The Morgan fingerprint density at radius 1 is 1.25 bits per heavy atom.